The number of hydrogen-bond donors (Lipinski definition) is 1. The number of hydrogen-bond acceptors (Lipinski definition) is 2. The van der Waals surface area contributed by atoms with E-state index in [1.54, 1.807) is 0 Å². The van der Waals surface area contributed by atoms with Gasteiger partial charge in [0.2, 0.25) is 0 Å². The Morgan fingerprint density at radius 2 is 1.75 bits per heavy atom. The predicted molar refractivity (Wildman–Crippen MR) is 68.7 cm³/mol. The summed E-state index contributed by atoms with van der Waals surface area (Å²) < 4.78 is 51.3. The zero-order valence-electron chi connectivity index (χ0n) is 11.5. The summed E-state index contributed by atoms with van der Waals surface area (Å²) in [5.74, 6) is -0.842. The first-order valence-electron chi connectivity index (χ1n) is 6.59. The van der Waals surface area contributed by atoms with Crippen LogP contribution in [0.4, 0.5) is 17.6 Å². The fraction of sp³-hybridized carbons (Fsp3) is 0.571. The normalized spacial score (nSPS) is 24.9. The topological polar surface area (TPSA) is 15.3 Å². The predicted octanol–water partition coefficient (Wildman–Crippen LogP) is 3.03. The molecule has 1 aliphatic rings. The molecule has 0 bridgehead atoms. The van der Waals surface area contributed by atoms with Crippen LogP contribution in [0.2, 0.25) is 0 Å². The van der Waals surface area contributed by atoms with Crippen molar-refractivity contribution in [2.24, 2.45) is 0 Å². The van der Waals surface area contributed by atoms with Gasteiger partial charge in [-0.25, -0.2) is 4.39 Å². The third kappa shape index (κ3) is 3.93. The molecule has 0 saturated carbocycles. The van der Waals surface area contributed by atoms with Gasteiger partial charge in [0.25, 0.3) is 0 Å². The maximum Gasteiger partial charge on any atom is 0.416 e. The lowest BCUT2D eigenvalue weighted by molar-refractivity contribution is -0.137. The summed E-state index contributed by atoms with van der Waals surface area (Å²) >= 11 is 0. The van der Waals surface area contributed by atoms with E-state index in [2.05, 4.69) is 5.32 Å². The van der Waals surface area contributed by atoms with Crippen LogP contribution < -0.4 is 5.32 Å². The molecule has 1 aromatic carbocycles. The molecule has 1 aliphatic heterocycles. The van der Waals surface area contributed by atoms with Crippen LogP contribution in [0, 0.1) is 5.82 Å². The maximum atomic E-state index is 13.3. The van der Waals surface area contributed by atoms with Gasteiger partial charge in [-0.15, -0.1) is 0 Å². The molecule has 0 radical (unpaired) electrons. The van der Waals surface area contributed by atoms with E-state index >= 15 is 0 Å². The minimum absolute atomic E-state index is 0.273. The highest BCUT2D eigenvalue weighted by Crippen LogP contribution is 2.30. The second-order valence-electron chi connectivity index (χ2n) is 5.51. The lowest BCUT2D eigenvalue weighted by Gasteiger charge is -2.36. The Kier molecular flexibility index (Phi) is 4.34. The summed E-state index contributed by atoms with van der Waals surface area (Å²) in [5.41, 5.74) is -0.567. The number of rotatable bonds is 2. The first-order chi connectivity index (χ1) is 9.24. The van der Waals surface area contributed by atoms with Gasteiger partial charge in [-0.2, -0.15) is 13.2 Å². The fourth-order valence-electron chi connectivity index (χ4n) is 2.73. The Morgan fingerprint density at radius 3 is 2.30 bits per heavy atom. The Bertz CT molecular complexity index is 463. The van der Waals surface area contributed by atoms with Gasteiger partial charge in [0.05, 0.1) is 5.56 Å². The molecule has 20 heavy (non-hydrogen) atoms. The summed E-state index contributed by atoms with van der Waals surface area (Å²) in [7, 11) is 0. The molecular weight excluding hydrogens is 272 g/mol. The average molecular weight is 290 g/mol. The Balaban J connectivity index is 2.15. The fourth-order valence-corrected chi connectivity index (χ4v) is 2.73. The lowest BCUT2D eigenvalue weighted by atomic mass is 10.1. The van der Waals surface area contributed by atoms with Gasteiger partial charge in [-0.3, -0.25) is 4.90 Å². The minimum atomic E-state index is -4.51. The number of nitrogens with one attached hydrogen (secondary N) is 1. The highest BCUT2D eigenvalue weighted by molar-refractivity contribution is 5.27. The smallest absolute Gasteiger partial charge is 0.309 e. The van der Waals surface area contributed by atoms with E-state index in [0.717, 1.165) is 19.2 Å². The molecule has 1 fully saturated rings. The monoisotopic (exact) mass is 290 g/mol. The van der Waals surface area contributed by atoms with Crippen LogP contribution in [0.5, 0.6) is 0 Å². The molecule has 2 atom stereocenters. The maximum absolute atomic E-state index is 13.3. The number of piperazine rings is 1. The lowest BCUT2D eigenvalue weighted by Crippen LogP contribution is -2.53. The van der Waals surface area contributed by atoms with Gasteiger partial charge in [-0.05, 0) is 37.6 Å². The summed E-state index contributed by atoms with van der Waals surface area (Å²) in [6.45, 7) is 5.85. The van der Waals surface area contributed by atoms with Crippen molar-refractivity contribution in [2.75, 3.05) is 13.1 Å². The number of benzene rings is 1. The van der Waals surface area contributed by atoms with E-state index in [-0.39, 0.29) is 12.1 Å². The molecule has 0 aliphatic carbocycles. The van der Waals surface area contributed by atoms with Crippen LogP contribution in [0.25, 0.3) is 0 Å². The SMILES string of the molecule is CC1CN(Cc2cc(F)cc(C(F)(F)F)c2)CC(C)N1. The Labute approximate surface area is 115 Å². The highest BCUT2D eigenvalue weighted by atomic mass is 19.4. The van der Waals surface area contributed by atoms with Crippen molar-refractivity contribution in [2.45, 2.75) is 38.7 Å². The van der Waals surface area contributed by atoms with Gasteiger partial charge in [-0.1, -0.05) is 0 Å². The van der Waals surface area contributed by atoms with Gasteiger partial charge in [0.15, 0.2) is 0 Å². The number of halogens is 4. The zero-order valence-corrected chi connectivity index (χ0v) is 11.5. The van der Waals surface area contributed by atoms with Crippen LogP contribution in [-0.2, 0) is 12.7 Å². The van der Waals surface area contributed by atoms with Crippen LogP contribution in [0.1, 0.15) is 25.0 Å². The number of nitrogens with zero attached hydrogens (tertiary/aromatic N) is 1. The largest absolute Gasteiger partial charge is 0.416 e. The highest BCUT2D eigenvalue weighted by Gasteiger charge is 2.31. The van der Waals surface area contributed by atoms with Crippen molar-refractivity contribution in [3.05, 3.63) is 35.1 Å². The van der Waals surface area contributed by atoms with Gasteiger partial charge >= 0.3 is 6.18 Å². The Morgan fingerprint density at radius 1 is 1.15 bits per heavy atom. The van der Waals surface area contributed by atoms with Crippen molar-refractivity contribution in [3.63, 3.8) is 0 Å². The molecule has 1 heterocycles. The quantitative estimate of drug-likeness (QED) is 0.842. The van der Waals surface area contributed by atoms with Crippen molar-refractivity contribution in [3.8, 4) is 0 Å². The molecule has 2 rings (SSSR count). The molecule has 1 N–H and O–H groups in total. The molecule has 2 unspecified atom stereocenters. The third-order valence-corrected chi connectivity index (χ3v) is 3.32. The molecule has 112 valence electrons. The molecule has 0 spiro atoms. The summed E-state index contributed by atoms with van der Waals surface area (Å²) in [5, 5.41) is 3.35. The summed E-state index contributed by atoms with van der Waals surface area (Å²) in [4.78, 5) is 2.04. The van der Waals surface area contributed by atoms with Crippen molar-refractivity contribution < 1.29 is 17.6 Å². The first-order valence-corrected chi connectivity index (χ1v) is 6.59. The zero-order chi connectivity index (χ0) is 14.9. The van der Waals surface area contributed by atoms with E-state index in [1.165, 1.54) is 6.07 Å². The van der Waals surface area contributed by atoms with Crippen LogP contribution in [-0.4, -0.2) is 30.1 Å². The van der Waals surface area contributed by atoms with Crippen LogP contribution >= 0.6 is 0 Å². The van der Waals surface area contributed by atoms with E-state index in [4.69, 9.17) is 0 Å². The average Bonchev–Trinajstić information content (AvgIpc) is 2.25. The summed E-state index contributed by atoms with van der Waals surface area (Å²) in [6.07, 6.45) is -4.51. The van der Waals surface area contributed by atoms with Crippen molar-refractivity contribution >= 4 is 0 Å². The molecule has 0 amide bonds. The standard InChI is InChI=1S/C14H18F4N2/c1-9-6-20(7-10(2)19-9)8-11-3-12(14(16,17)18)5-13(15)4-11/h3-5,9-10,19H,6-8H2,1-2H3. The van der Waals surface area contributed by atoms with Crippen LogP contribution in [0.3, 0.4) is 0 Å². The third-order valence-electron chi connectivity index (χ3n) is 3.32. The van der Waals surface area contributed by atoms with Crippen molar-refractivity contribution in [1.29, 1.82) is 0 Å². The van der Waals surface area contributed by atoms with Crippen LogP contribution in [0.15, 0.2) is 18.2 Å². The molecule has 2 nitrogen and oxygen atoms in total. The first kappa shape index (κ1) is 15.3. The van der Waals surface area contributed by atoms with E-state index in [1.807, 2.05) is 18.7 Å². The van der Waals surface area contributed by atoms with Gasteiger partial charge in [0, 0.05) is 31.7 Å². The molecule has 1 aromatic rings. The van der Waals surface area contributed by atoms with E-state index < -0.39 is 17.6 Å². The van der Waals surface area contributed by atoms with Gasteiger partial charge < -0.3 is 5.32 Å². The van der Waals surface area contributed by atoms with Gasteiger partial charge in [0.1, 0.15) is 5.82 Å². The minimum Gasteiger partial charge on any atom is -0.309 e. The second kappa shape index (κ2) is 5.69. The summed E-state index contributed by atoms with van der Waals surface area (Å²) in [6, 6.07) is 3.28. The second-order valence-corrected chi connectivity index (χ2v) is 5.51. The molecule has 6 heteroatoms. The molecular formula is C14H18F4N2. The Hall–Kier alpha value is -1.14. The molecule has 1 saturated heterocycles. The van der Waals surface area contributed by atoms with Crippen molar-refractivity contribution in [1.82, 2.24) is 10.2 Å². The molecule has 0 aromatic heterocycles. The van der Waals surface area contributed by atoms with E-state index in [9.17, 15) is 17.6 Å². The van der Waals surface area contributed by atoms with E-state index in [0.29, 0.717) is 18.2 Å². The number of alkyl halides is 3.